The summed E-state index contributed by atoms with van der Waals surface area (Å²) in [5.41, 5.74) is 22.1. The molecule has 0 radical (unpaired) electrons. The Balaban J connectivity index is 1.73. The zero-order valence-corrected chi connectivity index (χ0v) is 18.9. The molecule has 0 saturated carbocycles. The van der Waals surface area contributed by atoms with E-state index in [0.29, 0.717) is 0 Å². The lowest BCUT2D eigenvalue weighted by molar-refractivity contribution is -0.137. The fourth-order valence-corrected chi connectivity index (χ4v) is 3.96. The molecule has 4 aromatic carbocycles. The number of alkyl halides is 6. The van der Waals surface area contributed by atoms with Gasteiger partial charge >= 0.3 is 12.4 Å². The van der Waals surface area contributed by atoms with Gasteiger partial charge in [-0.3, -0.25) is 0 Å². The van der Waals surface area contributed by atoms with E-state index >= 15 is 0 Å². The highest BCUT2D eigenvalue weighted by Gasteiger charge is 2.34. The minimum atomic E-state index is -4.61. The molecule has 0 atom stereocenters. The molecule has 0 unspecified atom stereocenters. The molecule has 4 rings (SSSR count). The van der Waals surface area contributed by atoms with Gasteiger partial charge < -0.3 is 27.7 Å². The third kappa shape index (κ3) is 5.06. The Labute approximate surface area is 207 Å². The maximum Gasteiger partial charge on any atom is 0.417 e. The Morgan fingerprint density at radius 2 is 0.784 bits per heavy atom. The van der Waals surface area contributed by atoms with Crippen molar-refractivity contribution in [2.75, 3.05) is 22.9 Å². The number of nitrogen functional groups attached to an aromatic ring is 4. The van der Waals surface area contributed by atoms with Gasteiger partial charge in [-0.05, 0) is 58.7 Å². The fraction of sp³-hybridized carbons (Fsp3) is 0.0769. The van der Waals surface area contributed by atoms with E-state index in [4.69, 9.17) is 27.7 Å². The average molecular weight is 518 g/mol. The predicted octanol–water partition coefficient (Wildman–Crippen LogP) is 7.18. The molecule has 192 valence electrons. The van der Waals surface area contributed by atoms with Gasteiger partial charge in [0.2, 0.25) is 0 Å². The molecule has 0 bridgehead atoms. The Bertz CT molecular complexity index is 1320. The molecular weight excluding hydrogens is 498 g/mol. The first-order valence-electron chi connectivity index (χ1n) is 10.7. The summed E-state index contributed by atoms with van der Waals surface area (Å²) in [6, 6.07) is 14.9. The summed E-state index contributed by atoms with van der Waals surface area (Å²) in [7, 11) is 0. The molecule has 0 saturated heterocycles. The van der Waals surface area contributed by atoms with Gasteiger partial charge in [-0.2, -0.15) is 26.3 Å². The van der Waals surface area contributed by atoms with Crippen molar-refractivity contribution in [2.24, 2.45) is 0 Å². The zero-order valence-electron chi connectivity index (χ0n) is 18.9. The molecule has 0 amide bonds. The maximum absolute atomic E-state index is 13.5. The van der Waals surface area contributed by atoms with Crippen molar-refractivity contribution in [1.82, 2.24) is 0 Å². The smallest absolute Gasteiger partial charge is 0.417 e. The van der Waals surface area contributed by atoms with E-state index in [9.17, 15) is 26.3 Å². The minimum Gasteiger partial charge on any atom is -0.449 e. The molecule has 11 heteroatoms. The van der Waals surface area contributed by atoms with Crippen LogP contribution in [-0.4, -0.2) is 0 Å². The topological polar surface area (TPSA) is 113 Å². The van der Waals surface area contributed by atoms with Crippen molar-refractivity contribution < 1.29 is 31.1 Å². The summed E-state index contributed by atoms with van der Waals surface area (Å²) < 4.78 is 86.5. The summed E-state index contributed by atoms with van der Waals surface area (Å²) in [6.07, 6.45) is -9.21. The highest BCUT2D eigenvalue weighted by molar-refractivity contribution is 5.84. The molecule has 8 N–H and O–H groups in total. The van der Waals surface area contributed by atoms with E-state index < -0.39 is 23.5 Å². The summed E-state index contributed by atoms with van der Waals surface area (Å²) in [4.78, 5) is 0. The van der Waals surface area contributed by atoms with Crippen LogP contribution in [0.3, 0.4) is 0 Å². The van der Waals surface area contributed by atoms with Crippen LogP contribution in [0.5, 0.6) is 11.5 Å². The number of ether oxygens (including phenoxy) is 1. The maximum atomic E-state index is 13.5. The number of anilines is 4. The van der Waals surface area contributed by atoms with Gasteiger partial charge in [-0.25, -0.2) is 0 Å². The molecule has 0 aliphatic rings. The van der Waals surface area contributed by atoms with Crippen molar-refractivity contribution in [3.63, 3.8) is 0 Å². The van der Waals surface area contributed by atoms with Crippen LogP contribution >= 0.6 is 0 Å². The van der Waals surface area contributed by atoms with Gasteiger partial charge in [0.1, 0.15) is 0 Å². The molecule has 0 aromatic heterocycles. The lowest BCUT2D eigenvalue weighted by atomic mass is 9.97. The lowest BCUT2D eigenvalue weighted by Gasteiger charge is -2.19. The second-order valence-corrected chi connectivity index (χ2v) is 8.16. The van der Waals surface area contributed by atoms with Gasteiger partial charge in [0.05, 0.1) is 33.9 Å². The SMILES string of the molecule is Nc1cc(-c2ccccc2C(F)(F)F)cc(N)c1Oc1c(N)cc(-c2ccccc2C(F)(F)F)cc1N. The first-order valence-corrected chi connectivity index (χ1v) is 10.7. The predicted molar refractivity (Wildman–Crippen MR) is 131 cm³/mol. The van der Waals surface area contributed by atoms with Crippen molar-refractivity contribution in [3.8, 4) is 33.8 Å². The van der Waals surface area contributed by atoms with Crippen LogP contribution in [0, 0.1) is 0 Å². The van der Waals surface area contributed by atoms with E-state index in [2.05, 4.69) is 0 Å². The number of nitrogens with two attached hydrogens (primary N) is 4. The quantitative estimate of drug-likeness (QED) is 0.169. The van der Waals surface area contributed by atoms with E-state index in [1.807, 2.05) is 0 Å². The summed E-state index contributed by atoms with van der Waals surface area (Å²) in [5, 5.41) is 0. The number of hydrogen-bond acceptors (Lipinski definition) is 5. The number of halogens is 6. The standard InChI is InChI=1S/C26H20F6N4O/c27-25(28,29)17-7-3-1-5-15(17)13-9-19(33)23(20(34)10-13)37-24-21(35)11-14(12-22(24)36)16-6-2-4-8-18(16)26(30,31)32/h1-12H,33-36H2. The Morgan fingerprint density at radius 1 is 0.486 bits per heavy atom. The largest absolute Gasteiger partial charge is 0.449 e. The molecule has 0 aliphatic heterocycles. The molecule has 5 nitrogen and oxygen atoms in total. The third-order valence-corrected chi connectivity index (χ3v) is 5.58. The second-order valence-electron chi connectivity index (χ2n) is 8.16. The van der Waals surface area contributed by atoms with Gasteiger partial charge in [-0.15, -0.1) is 0 Å². The lowest BCUT2D eigenvalue weighted by Crippen LogP contribution is -2.08. The Kier molecular flexibility index (Phi) is 6.32. The van der Waals surface area contributed by atoms with Crippen LogP contribution in [0.15, 0.2) is 72.8 Å². The highest BCUT2D eigenvalue weighted by Crippen LogP contribution is 2.46. The van der Waals surface area contributed by atoms with Gasteiger partial charge in [0.15, 0.2) is 11.5 Å². The zero-order chi connectivity index (χ0) is 27.1. The van der Waals surface area contributed by atoms with Crippen molar-refractivity contribution in [3.05, 3.63) is 83.9 Å². The van der Waals surface area contributed by atoms with Crippen LogP contribution in [-0.2, 0) is 12.4 Å². The Morgan fingerprint density at radius 3 is 1.08 bits per heavy atom. The van der Waals surface area contributed by atoms with E-state index in [1.54, 1.807) is 0 Å². The monoisotopic (exact) mass is 518 g/mol. The van der Waals surface area contributed by atoms with Crippen LogP contribution in [0.2, 0.25) is 0 Å². The van der Waals surface area contributed by atoms with E-state index in [0.717, 1.165) is 12.1 Å². The molecule has 0 fully saturated rings. The normalized spacial score (nSPS) is 11.9. The van der Waals surface area contributed by atoms with E-state index in [1.165, 1.54) is 60.7 Å². The minimum absolute atomic E-state index is 0.0997. The molecule has 0 heterocycles. The molecule has 0 aliphatic carbocycles. The molecular formula is C26H20F6N4O. The third-order valence-electron chi connectivity index (χ3n) is 5.58. The first kappa shape index (κ1) is 25.5. The second kappa shape index (κ2) is 9.16. The van der Waals surface area contributed by atoms with Crippen LogP contribution in [0.1, 0.15) is 11.1 Å². The Hall–Kier alpha value is -4.54. The number of rotatable bonds is 4. The van der Waals surface area contributed by atoms with E-state index in [-0.39, 0.29) is 56.5 Å². The fourth-order valence-electron chi connectivity index (χ4n) is 3.96. The average Bonchev–Trinajstić information content (AvgIpc) is 2.81. The van der Waals surface area contributed by atoms with Crippen molar-refractivity contribution in [1.29, 1.82) is 0 Å². The van der Waals surface area contributed by atoms with Crippen molar-refractivity contribution in [2.45, 2.75) is 12.4 Å². The summed E-state index contributed by atoms with van der Waals surface area (Å²) in [5.74, 6) is -0.231. The van der Waals surface area contributed by atoms with Gasteiger partial charge in [0.25, 0.3) is 0 Å². The highest BCUT2D eigenvalue weighted by atomic mass is 19.4. The number of hydrogen-bond donors (Lipinski definition) is 4. The van der Waals surface area contributed by atoms with Gasteiger partial charge in [-0.1, -0.05) is 36.4 Å². The molecule has 37 heavy (non-hydrogen) atoms. The summed E-state index contributed by atoms with van der Waals surface area (Å²) >= 11 is 0. The van der Waals surface area contributed by atoms with Crippen LogP contribution < -0.4 is 27.7 Å². The number of benzene rings is 4. The first-order chi connectivity index (χ1) is 17.3. The van der Waals surface area contributed by atoms with Gasteiger partial charge in [0, 0.05) is 0 Å². The van der Waals surface area contributed by atoms with Crippen LogP contribution in [0.25, 0.3) is 22.3 Å². The summed E-state index contributed by atoms with van der Waals surface area (Å²) in [6.45, 7) is 0. The van der Waals surface area contributed by atoms with Crippen molar-refractivity contribution >= 4 is 22.7 Å². The molecule has 0 spiro atoms. The van der Waals surface area contributed by atoms with Crippen LogP contribution in [0.4, 0.5) is 49.1 Å². The molecule has 4 aromatic rings.